The normalized spacial score (nSPS) is 20.6. The molecule has 126 valence electrons. The predicted molar refractivity (Wildman–Crippen MR) is 82.6 cm³/mol. The number of nitrogens with zero attached hydrogens (tertiary/aromatic N) is 1. The number of carbonyl (C=O) groups is 2. The Kier molecular flexibility index (Phi) is 5.97. The van der Waals surface area contributed by atoms with Crippen molar-refractivity contribution in [3.05, 3.63) is 0 Å². The second-order valence-corrected chi connectivity index (χ2v) is 7.04. The number of rotatable bonds is 6. The molecule has 2 atom stereocenters. The maximum atomic E-state index is 11.4. The molecule has 1 aliphatic heterocycles. The minimum Gasteiger partial charge on any atom is -0.478 e. The number of ether oxygens (including phenoxy) is 3. The third kappa shape index (κ3) is 5.00. The minimum absolute atomic E-state index is 0.00750. The average molecular weight is 313 g/mol. The van der Waals surface area contributed by atoms with Crippen LogP contribution in [0.4, 0.5) is 0 Å². The van der Waals surface area contributed by atoms with Gasteiger partial charge in [-0.2, -0.15) is 0 Å². The smallest absolute Gasteiger partial charge is 0.305 e. The molecule has 0 amide bonds. The van der Waals surface area contributed by atoms with Crippen molar-refractivity contribution < 1.29 is 23.8 Å². The van der Waals surface area contributed by atoms with Gasteiger partial charge in [-0.25, -0.2) is 4.99 Å². The van der Waals surface area contributed by atoms with E-state index in [1.54, 1.807) is 0 Å². The largest absolute Gasteiger partial charge is 0.478 e. The Morgan fingerprint density at radius 2 is 1.95 bits per heavy atom. The van der Waals surface area contributed by atoms with E-state index in [2.05, 4.69) is 30.5 Å². The zero-order valence-corrected chi connectivity index (χ0v) is 14.4. The third-order valence-electron chi connectivity index (χ3n) is 3.87. The molecular weight excluding hydrogens is 286 g/mol. The molecule has 1 aliphatic rings. The van der Waals surface area contributed by atoms with Gasteiger partial charge in [0.2, 0.25) is 0 Å². The highest BCUT2D eigenvalue weighted by Gasteiger charge is 2.40. The lowest BCUT2D eigenvalue weighted by molar-refractivity contribution is -0.143. The first-order valence-electron chi connectivity index (χ1n) is 7.50. The van der Waals surface area contributed by atoms with E-state index in [1.165, 1.54) is 14.0 Å². The second-order valence-electron chi connectivity index (χ2n) is 7.04. The molecule has 6 nitrogen and oxygen atoms in total. The molecule has 0 aromatic carbocycles. The van der Waals surface area contributed by atoms with E-state index >= 15 is 0 Å². The molecule has 0 aliphatic carbocycles. The standard InChI is InChI=1S/C16H27NO5/c1-11(18)22-10-16(5,8-7-13(19)20-6)14-17-12(9-21-14)15(2,3)4/h12H,7-10H2,1-6H3/t12-,16?/m1/s1. The summed E-state index contributed by atoms with van der Waals surface area (Å²) in [4.78, 5) is 27.2. The molecule has 0 saturated carbocycles. The maximum absolute atomic E-state index is 11.4. The van der Waals surface area contributed by atoms with Gasteiger partial charge in [0.25, 0.3) is 0 Å². The minimum atomic E-state index is -0.625. The lowest BCUT2D eigenvalue weighted by Gasteiger charge is -2.27. The lowest BCUT2D eigenvalue weighted by atomic mass is 9.85. The van der Waals surface area contributed by atoms with Crippen LogP contribution in [0.25, 0.3) is 0 Å². The van der Waals surface area contributed by atoms with Gasteiger partial charge >= 0.3 is 11.9 Å². The number of carbonyl (C=O) groups excluding carboxylic acids is 2. The van der Waals surface area contributed by atoms with Crippen molar-refractivity contribution >= 4 is 17.8 Å². The van der Waals surface area contributed by atoms with Gasteiger partial charge in [-0.15, -0.1) is 0 Å². The number of hydrogen-bond acceptors (Lipinski definition) is 6. The highest BCUT2D eigenvalue weighted by atomic mass is 16.5. The van der Waals surface area contributed by atoms with Gasteiger partial charge in [-0.3, -0.25) is 9.59 Å². The van der Waals surface area contributed by atoms with E-state index in [-0.39, 0.29) is 36.4 Å². The fourth-order valence-electron chi connectivity index (χ4n) is 2.13. The van der Waals surface area contributed by atoms with Crippen molar-refractivity contribution in [1.82, 2.24) is 0 Å². The summed E-state index contributed by atoms with van der Waals surface area (Å²) in [5.74, 6) is -0.118. The summed E-state index contributed by atoms with van der Waals surface area (Å²) < 4.78 is 15.6. The Balaban J connectivity index is 2.89. The van der Waals surface area contributed by atoms with Crippen molar-refractivity contribution in [3.63, 3.8) is 0 Å². The van der Waals surface area contributed by atoms with Crippen molar-refractivity contribution in [2.75, 3.05) is 20.3 Å². The third-order valence-corrected chi connectivity index (χ3v) is 3.87. The van der Waals surface area contributed by atoms with Crippen LogP contribution in [0, 0.1) is 10.8 Å². The fourth-order valence-corrected chi connectivity index (χ4v) is 2.13. The number of methoxy groups -OCH3 is 1. The molecular formula is C16H27NO5. The SMILES string of the molecule is COC(=O)CCC(C)(COC(C)=O)C1=N[C@@H](C(C)(C)C)CO1. The highest BCUT2D eigenvalue weighted by molar-refractivity contribution is 5.85. The van der Waals surface area contributed by atoms with E-state index in [9.17, 15) is 9.59 Å². The fraction of sp³-hybridized carbons (Fsp3) is 0.812. The number of esters is 2. The van der Waals surface area contributed by atoms with Gasteiger partial charge in [0.05, 0.1) is 18.6 Å². The first-order chi connectivity index (χ1) is 10.1. The quantitative estimate of drug-likeness (QED) is 0.704. The van der Waals surface area contributed by atoms with E-state index in [4.69, 9.17) is 9.47 Å². The summed E-state index contributed by atoms with van der Waals surface area (Å²) in [7, 11) is 1.35. The van der Waals surface area contributed by atoms with Crippen LogP contribution in [0.2, 0.25) is 0 Å². The van der Waals surface area contributed by atoms with Crippen molar-refractivity contribution in [3.8, 4) is 0 Å². The molecule has 0 aromatic heterocycles. The Morgan fingerprint density at radius 3 is 2.41 bits per heavy atom. The second kappa shape index (κ2) is 7.11. The molecule has 22 heavy (non-hydrogen) atoms. The van der Waals surface area contributed by atoms with Crippen LogP contribution in [0.3, 0.4) is 0 Å². The van der Waals surface area contributed by atoms with Crippen molar-refractivity contribution in [2.24, 2.45) is 15.8 Å². The molecule has 1 rings (SSSR count). The maximum Gasteiger partial charge on any atom is 0.305 e. The van der Waals surface area contributed by atoms with Gasteiger partial charge < -0.3 is 14.2 Å². The summed E-state index contributed by atoms with van der Waals surface area (Å²) in [6.07, 6.45) is 0.666. The molecule has 1 unspecified atom stereocenters. The first-order valence-corrected chi connectivity index (χ1v) is 7.50. The van der Waals surface area contributed by atoms with E-state index in [1.807, 2.05) is 6.92 Å². The molecule has 6 heteroatoms. The van der Waals surface area contributed by atoms with Gasteiger partial charge in [0.15, 0.2) is 5.90 Å². The van der Waals surface area contributed by atoms with Crippen LogP contribution in [-0.4, -0.2) is 44.2 Å². The molecule has 0 fully saturated rings. The summed E-state index contributed by atoms with van der Waals surface area (Å²) in [6, 6.07) is 0.0530. The van der Waals surface area contributed by atoms with Gasteiger partial charge in [0.1, 0.15) is 13.2 Å². The Hall–Kier alpha value is -1.59. The van der Waals surface area contributed by atoms with Crippen LogP contribution in [-0.2, 0) is 23.8 Å². The molecule has 0 bridgehead atoms. The molecule has 0 radical (unpaired) electrons. The molecule has 0 spiro atoms. The summed E-state index contributed by atoms with van der Waals surface area (Å²) in [6.45, 7) is 10.2. The molecule has 0 N–H and O–H groups in total. The molecule has 0 aromatic rings. The molecule has 0 saturated heterocycles. The van der Waals surface area contributed by atoms with E-state index < -0.39 is 5.41 Å². The summed E-state index contributed by atoms with van der Waals surface area (Å²) in [5.41, 5.74) is -0.633. The summed E-state index contributed by atoms with van der Waals surface area (Å²) >= 11 is 0. The van der Waals surface area contributed by atoms with Crippen LogP contribution in [0.15, 0.2) is 4.99 Å². The zero-order valence-electron chi connectivity index (χ0n) is 14.4. The van der Waals surface area contributed by atoms with Crippen LogP contribution >= 0.6 is 0 Å². The van der Waals surface area contributed by atoms with E-state index in [0.29, 0.717) is 18.9 Å². The van der Waals surface area contributed by atoms with E-state index in [0.717, 1.165) is 0 Å². The van der Waals surface area contributed by atoms with Gasteiger partial charge in [-0.1, -0.05) is 20.8 Å². The van der Waals surface area contributed by atoms with Crippen molar-refractivity contribution in [2.45, 2.75) is 53.5 Å². The number of aliphatic imine (C=N–C) groups is 1. The molecule has 1 heterocycles. The van der Waals surface area contributed by atoms with Gasteiger partial charge in [0, 0.05) is 13.3 Å². The Labute approximate surface area is 132 Å². The van der Waals surface area contributed by atoms with Crippen LogP contribution < -0.4 is 0 Å². The van der Waals surface area contributed by atoms with Crippen molar-refractivity contribution in [1.29, 1.82) is 0 Å². The predicted octanol–water partition coefficient (Wildman–Crippen LogP) is 2.35. The van der Waals surface area contributed by atoms with Gasteiger partial charge in [-0.05, 0) is 18.8 Å². The highest BCUT2D eigenvalue weighted by Crippen LogP contribution is 2.34. The first kappa shape index (κ1) is 18.5. The number of hydrogen-bond donors (Lipinski definition) is 0. The van der Waals surface area contributed by atoms with Crippen LogP contribution in [0.1, 0.15) is 47.5 Å². The zero-order chi connectivity index (χ0) is 17.0. The Morgan fingerprint density at radius 1 is 1.32 bits per heavy atom. The lowest BCUT2D eigenvalue weighted by Crippen LogP contribution is -2.35. The topological polar surface area (TPSA) is 74.2 Å². The van der Waals surface area contributed by atoms with Crippen LogP contribution in [0.5, 0.6) is 0 Å². The summed E-state index contributed by atoms with van der Waals surface area (Å²) in [5, 5.41) is 0. The monoisotopic (exact) mass is 313 g/mol. The Bertz CT molecular complexity index is 452. The average Bonchev–Trinajstić information content (AvgIpc) is 2.93.